The first-order valence-corrected chi connectivity index (χ1v) is 11.6. The third-order valence-electron chi connectivity index (χ3n) is 4.88. The lowest BCUT2D eigenvalue weighted by Crippen LogP contribution is -2.66. The molecule has 29 heavy (non-hydrogen) atoms. The van der Waals surface area contributed by atoms with Crippen molar-refractivity contribution in [2.24, 2.45) is 0 Å². The van der Waals surface area contributed by atoms with Crippen molar-refractivity contribution in [3.63, 3.8) is 0 Å². The molecule has 0 saturated heterocycles. The highest BCUT2D eigenvalue weighted by Crippen LogP contribution is 2.36. The molecule has 2 aromatic rings. The van der Waals surface area contributed by atoms with Crippen molar-refractivity contribution in [2.45, 2.75) is 25.8 Å². The van der Waals surface area contributed by atoms with Crippen LogP contribution in [0, 0.1) is 0 Å². The summed E-state index contributed by atoms with van der Waals surface area (Å²) in [6.07, 6.45) is 4.67. The number of aliphatic hydroxyl groups is 1. The van der Waals surface area contributed by atoms with Crippen molar-refractivity contribution < 1.29 is 19.1 Å². The minimum atomic E-state index is -2.62. The number of rotatable bonds is 8. The lowest BCUT2D eigenvalue weighted by molar-refractivity contribution is -0.134. The molecule has 154 valence electrons. The van der Waals surface area contributed by atoms with Gasteiger partial charge in [0.05, 0.1) is 20.3 Å². The molecule has 0 fully saturated rings. The van der Waals surface area contributed by atoms with Gasteiger partial charge < -0.3 is 14.3 Å². The van der Waals surface area contributed by atoms with E-state index in [2.05, 4.69) is 49.8 Å². The van der Waals surface area contributed by atoms with Gasteiger partial charge in [0.2, 0.25) is 0 Å². The molecule has 1 N–H and O–H groups in total. The van der Waals surface area contributed by atoms with E-state index in [9.17, 15) is 9.90 Å². The van der Waals surface area contributed by atoms with Gasteiger partial charge in [0.25, 0.3) is 8.32 Å². The van der Waals surface area contributed by atoms with Crippen LogP contribution in [-0.2, 0) is 14.0 Å². The van der Waals surface area contributed by atoms with Gasteiger partial charge in [-0.15, -0.1) is 0 Å². The van der Waals surface area contributed by atoms with E-state index in [1.165, 1.54) is 23.6 Å². The molecule has 4 nitrogen and oxygen atoms in total. The lowest BCUT2D eigenvalue weighted by Gasteiger charge is -2.42. The van der Waals surface area contributed by atoms with Crippen molar-refractivity contribution in [2.75, 3.05) is 20.3 Å². The van der Waals surface area contributed by atoms with Gasteiger partial charge in [-0.05, 0) is 27.1 Å². The van der Waals surface area contributed by atoms with Crippen LogP contribution in [0.3, 0.4) is 0 Å². The van der Waals surface area contributed by atoms with Crippen molar-refractivity contribution >= 4 is 24.7 Å². The van der Waals surface area contributed by atoms with E-state index >= 15 is 0 Å². The van der Waals surface area contributed by atoms with Crippen LogP contribution in [0.5, 0.6) is 0 Å². The molecule has 0 saturated carbocycles. The number of benzene rings is 2. The average Bonchev–Trinajstić information content (AvgIpc) is 2.73. The maximum Gasteiger partial charge on any atom is 0.330 e. The van der Waals surface area contributed by atoms with Crippen molar-refractivity contribution in [3.05, 3.63) is 84.5 Å². The Hall–Kier alpha value is -2.47. The molecule has 0 bridgehead atoms. The first-order chi connectivity index (χ1) is 13.8. The number of hydrogen-bond donors (Lipinski definition) is 1. The SMILES string of the molecule is COC(=O)/C=C/C(=C/CO[Si](c1ccccc1)(c1ccccc1)C(C)(C)C)CO. The van der Waals surface area contributed by atoms with Crippen LogP contribution >= 0.6 is 0 Å². The molecule has 0 radical (unpaired) electrons. The summed E-state index contributed by atoms with van der Waals surface area (Å²) in [6.45, 7) is 6.79. The Balaban J connectivity index is 2.45. The van der Waals surface area contributed by atoms with Gasteiger partial charge in [-0.25, -0.2) is 4.79 Å². The van der Waals surface area contributed by atoms with Gasteiger partial charge >= 0.3 is 5.97 Å². The second-order valence-corrected chi connectivity index (χ2v) is 12.1. The Kier molecular flexibility index (Phi) is 8.14. The summed E-state index contributed by atoms with van der Waals surface area (Å²) in [5.74, 6) is -0.461. The zero-order chi connectivity index (χ0) is 21.3. The first kappa shape index (κ1) is 22.8. The van der Waals surface area contributed by atoms with Crippen molar-refractivity contribution in [3.8, 4) is 0 Å². The fraction of sp³-hybridized carbons (Fsp3) is 0.292. The number of hydrogen-bond acceptors (Lipinski definition) is 4. The molecule has 0 aromatic heterocycles. The Morgan fingerprint density at radius 2 is 1.48 bits per heavy atom. The van der Waals surface area contributed by atoms with E-state index in [0.29, 0.717) is 12.2 Å². The van der Waals surface area contributed by atoms with E-state index in [1.807, 2.05) is 42.5 Å². The molecule has 0 spiro atoms. The summed E-state index contributed by atoms with van der Waals surface area (Å²) in [5, 5.41) is 11.9. The molecular formula is C24H30O4Si. The summed E-state index contributed by atoms with van der Waals surface area (Å²) in [4.78, 5) is 11.3. The lowest BCUT2D eigenvalue weighted by atomic mass is 10.2. The van der Waals surface area contributed by atoms with E-state index in [1.54, 1.807) is 6.08 Å². The van der Waals surface area contributed by atoms with Gasteiger partial charge in [0, 0.05) is 6.08 Å². The molecule has 0 aliphatic heterocycles. The molecule has 0 aliphatic carbocycles. The van der Waals surface area contributed by atoms with Gasteiger partial charge in [0.1, 0.15) is 0 Å². The summed E-state index contributed by atoms with van der Waals surface area (Å²) in [7, 11) is -1.30. The zero-order valence-corrected chi connectivity index (χ0v) is 18.6. The topological polar surface area (TPSA) is 55.8 Å². The number of carbonyl (C=O) groups excluding carboxylic acids is 1. The predicted octanol–water partition coefficient (Wildman–Crippen LogP) is 3.21. The molecule has 0 heterocycles. The maximum atomic E-state index is 11.3. The summed E-state index contributed by atoms with van der Waals surface area (Å²) >= 11 is 0. The van der Waals surface area contributed by atoms with E-state index in [-0.39, 0.29) is 11.6 Å². The minimum absolute atomic E-state index is 0.120. The highest BCUT2D eigenvalue weighted by molar-refractivity contribution is 6.99. The summed E-state index contributed by atoms with van der Waals surface area (Å²) < 4.78 is 11.3. The molecular weight excluding hydrogens is 380 g/mol. The number of esters is 1. The van der Waals surface area contributed by atoms with Crippen LogP contribution in [0.4, 0.5) is 0 Å². The Morgan fingerprint density at radius 3 is 1.90 bits per heavy atom. The fourth-order valence-corrected chi connectivity index (χ4v) is 7.95. The second kappa shape index (κ2) is 10.3. The Bertz CT molecular complexity index is 797. The van der Waals surface area contributed by atoms with E-state index < -0.39 is 14.3 Å². The molecule has 0 amide bonds. The quantitative estimate of drug-likeness (QED) is 0.314. The molecule has 2 rings (SSSR count). The summed E-state index contributed by atoms with van der Waals surface area (Å²) in [6, 6.07) is 20.8. The third kappa shape index (κ3) is 5.53. The third-order valence-corrected chi connectivity index (χ3v) is 9.88. The van der Waals surface area contributed by atoms with Gasteiger partial charge in [0.15, 0.2) is 0 Å². The molecule has 2 aromatic carbocycles. The largest absolute Gasteiger partial charge is 0.466 e. The monoisotopic (exact) mass is 410 g/mol. The standard InChI is InChI=1S/C24H30O4Si/c1-24(2,3)29(21-11-7-5-8-12-21,22-13-9-6-10-14-22)28-18-17-20(19-25)15-16-23(26)27-4/h5-17,25H,18-19H2,1-4H3/b16-15+,20-17-. The smallest absolute Gasteiger partial charge is 0.330 e. The number of ether oxygens (including phenoxy) is 1. The van der Waals surface area contributed by atoms with Crippen LogP contribution in [0.25, 0.3) is 0 Å². The maximum absolute atomic E-state index is 11.3. The highest BCUT2D eigenvalue weighted by atomic mass is 28.4. The van der Waals surface area contributed by atoms with Crippen molar-refractivity contribution in [1.82, 2.24) is 0 Å². The van der Waals surface area contributed by atoms with Crippen LogP contribution < -0.4 is 10.4 Å². The van der Waals surface area contributed by atoms with Crippen LogP contribution in [0.1, 0.15) is 20.8 Å². The number of methoxy groups -OCH3 is 1. The van der Waals surface area contributed by atoms with Crippen LogP contribution in [0.15, 0.2) is 84.5 Å². The predicted molar refractivity (Wildman–Crippen MR) is 120 cm³/mol. The van der Waals surface area contributed by atoms with Crippen LogP contribution in [-0.4, -0.2) is 39.7 Å². The molecule has 0 atom stereocenters. The van der Waals surface area contributed by atoms with E-state index in [4.69, 9.17) is 4.43 Å². The number of aliphatic hydroxyl groups excluding tert-OH is 1. The Labute approximate surface area is 174 Å². The molecule has 5 heteroatoms. The fourth-order valence-electron chi connectivity index (χ4n) is 3.46. The molecule has 0 aliphatic rings. The highest BCUT2D eigenvalue weighted by Gasteiger charge is 2.49. The normalized spacial score (nSPS) is 12.9. The van der Waals surface area contributed by atoms with Gasteiger partial charge in [-0.2, -0.15) is 0 Å². The van der Waals surface area contributed by atoms with Gasteiger partial charge in [-0.1, -0.05) is 87.5 Å². The van der Waals surface area contributed by atoms with Gasteiger partial charge in [-0.3, -0.25) is 0 Å². The Morgan fingerprint density at radius 1 is 0.966 bits per heavy atom. The first-order valence-electron chi connectivity index (χ1n) is 9.66. The van der Waals surface area contributed by atoms with Crippen molar-refractivity contribution in [1.29, 1.82) is 0 Å². The van der Waals surface area contributed by atoms with E-state index in [0.717, 1.165) is 0 Å². The van der Waals surface area contributed by atoms with Crippen LogP contribution in [0.2, 0.25) is 5.04 Å². The number of carbonyl (C=O) groups is 1. The minimum Gasteiger partial charge on any atom is -0.466 e. The average molecular weight is 411 g/mol. The summed E-state index contributed by atoms with van der Waals surface area (Å²) in [5.41, 5.74) is 0.605. The molecule has 0 unspecified atom stereocenters. The second-order valence-electron chi connectivity index (χ2n) is 7.77. The zero-order valence-electron chi connectivity index (χ0n) is 17.6.